The Balaban J connectivity index is 1.39. The summed E-state index contributed by atoms with van der Waals surface area (Å²) in [6, 6.07) is 9.09. The number of aromatic nitrogens is 2. The Morgan fingerprint density at radius 2 is 1.97 bits per heavy atom. The number of rotatable bonds is 6. The molecular formula is C24H24FN5O5. The van der Waals surface area contributed by atoms with E-state index in [1.165, 1.54) is 6.20 Å². The van der Waals surface area contributed by atoms with Gasteiger partial charge in [0.2, 0.25) is 11.3 Å². The molecule has 35 heavy (non-hydrogen) atoms. The van der Waals surface area contributed by atoms with Crippen LogP contribution < -0.4 is 26.1 Å². The van der Waals surface area contributed by atoms with Crippen molar-refractivity contribution >= 4 is 28.9 Å². The fourth-order valence-electron chi connectivity index (χ4n) is 4.41. The lowest BCUT2D eigenvalue weighted by Gasteiger charge is -2.21. The van der Waals surface area contributed by atoms with Gasteiger partial charge in [-0.25, -0.2) is 14.2 Å². The third-order valence-electron chi connectivity index (χ3n) is 6.32. The van der Waals surface area contributed by atoms with Gasteiger partial charge < -0.3 is 30.4 Å². The Kier molecular flexibility index (Phi) is 5.85. The fraction of sp³-hybridized carbons (Fsp3) is 0.333. The molecule has 1 aliphatic carbocycles. The number of hydrogen-bond donors (Lipinski definition) is 3. The summed E-state index contributed by atoms with van der Waals surface area (Å²) < 4.78 is 21.4. The number of nitrogens with two attached hydrogens (primary N) is 1. The molecule has 2 unspecified atom stereocenters. The van der Waals surface area contributed by atoms with Gasteiger partial charge in [-0.3, -0.25) is 9.59 Å². The minimum Gasteiger partial charge on any atom is -0.449 e. The van der Waals surface area contributed by atoms with Crippen LogP contribution in [-0.2, 0) is 4.79 Å². The molecule has 10 nitrogen and oxygen atoms in total. The molecule has 3 heterocycles. The van der Waals surface area contributed by atoms with Crippen molar-refractivity contribution in [1.82, 2.24) is 14.9 Å². The van der Waals surface area contributed by atoms with Crippen LogP contribution in [-0.4, -0.2) is 45.9 Å². The second kappa shape index (κ2) is 8.99. The van der Waals surface area contributed by atoms with E-state index in [0.29, 0.717) is 25.1 Å². The Hall–Kier alpha value is -3.99. The van der Waals surface area contributed by atoms with Gasteiger partial charge in [-0.1, -0.05) is 30.3 Å². The number of nitrogens with one attached hydrogen (secondary N) is 1. The first-order chi connectivity index (χ1) is 16.8. The number of amides is 1. The average Bonchev–Trinajstić information content (AvgIpc) is 3.59. The number of benzene rings is 1. The molecular weight excluding hydrogens is 457 g/mol. The van der Waals surface area contributed by atoms with E-state index >= 15 is 4.39 Å². The maximum atomic E-state index is 15.1. The summed E-state index contributed by atoms with van der Waals surface area (Å²) in [5.41, 5.74) is 6.31. The van der Waals surface area contributed by atoms with Crippen molar-refractivity contribution in [2.45, 2.75) is 37.4 Å². The van der Waals surface area contributed by atoms with Crippen LogP contribution in [0, 0.1) is 5.82 Å². The summed E-state index contributed by atoms with van der Waals surface area (Å²) in [7, 11) is 0. The third kappa shape index (κ3) is 4.54. The molecule has 11 heteroatoms. The van der Waals surface area contributed by atoms with Crippen LogP contribution in [0.5, 0.6) is 5.75 Å². The van der Waals surface area contributed by atoms with Gasteiger partial charge in [0.05, 0.1) is 11.6 Å². The van der Waals surface area contributed by atoms with Crippen molar-refractivity contribution in [1.29, 1.82) is 0 Å². The van der Waals surface area contributed by atoms with E-state index in [9.17, 15) is 14.4 Å². The summed E-state index contributed by atoms with van der Waals surface area (Å²) in [5, 5.41) is 11.8. The molecule has 5 rings (SSSR count). The van der Waals surface area contributed by atoms with Crippen molar-refractivity contribution in [3.63, 3.8) is 0 Å². The zero-order valence-electron chi connectivity index (χ0n) is 18.7. The van der Waals surface area contributed by atoms with Crippen LogP contribution in [0.4, 0.5) is 15.0 Å². The Morgan fingerprint density at radius 1 is 1.23 bits per heavy atom. The van der Waals surface area contributed by atoms with E-state index in [-0.39, 0.29) is 40.6 Å². The molecule has 1 saturated heterocycles. The Morgan fingerprint density at radius 3 is 2.66 bits per heavy atom. The van der Waals surface area contributed by atoms with Crippen molar-refractivity contribution < 1.29 is 23.8 Å². The summed E-state index contributed by atoms with van der Waals surface area (Å²) in [6.07, 6.45) is 1.94. The molecule has 1 saturated carbocycles. The number of nitrogens with zero attached hydrogens (tertiary/aromatic N) is 3. The molecule has 0 bridgehead atoms. The molecule has 0 radical (unpaired) electrons. The minimum absolute atomic E-state index is 0.0325. The number of fused-ring (bicyclic) bond motifs is 1. The molecule has 2 fully saturated rings. The highest BCUT2D eigenvalue weighted by Gasteiger charge is 2.31. The van der Waals surface area contributed by atoms with E-state index in [1.54, 1.807) is 21.6 Å². The van der Waals surface area contributed by atoms with Gasteiger partial charge in [-0.15, -0.1) is 0 Å². The van der Waals surface area contributed by atoms with Gasteiger partial charge in [-0.05, 0) is 30.9 Å². The first-order valence-electron chi connectivity index (χ1n) is 11.3. The molecule has 1 amide bonds. The maximum absolute atomic E-state index is 15.1. The SMILES string of the molecule is NC(C(=O)NC1CCN(c2nc3c(cc2F)c(=O)c(OC(=O)O)cn3C2CC2)C1)c1ccccc1. The average molecular weight is 481 g/mol. The van der Waals surface area contributed by atoms with Gasteiger partial charge in [0.15, 0.2) is 17.4 Å². The van der Waals surface area contributed by atoms with E-state index in [0.717, 1.165) is 18.9 Å². The van der Waals surface area contributed by atoms with Crippen molar-refractivity contribution in [3.05, 3.63) is 64.2 Å². The Bertz CT molecular complexity index is 1360. The summed E-state index contributed by atoms with van der Waals surface area (Å²) in [6.45, 7) is 0.783. The largest absolute Gasteiger partial charge is 0.511 e. The number of anilines is 1. The second-order valence-corrected chi connectivity index (χ2v) is 8.82. The van der Waals surface area contributed by atoms with Gasteiger partial charge in [-0.2, -0.15) is 0 Å². The molecule has 1 aromatic carbocycles. The summed E-state index contributed by atoms with van der Waals surface area (Å²) in [5.74, 6) is -1.34. The number of carboxylic acid groups (broad SMARTS) is 1. The van der Waals surface area contributed by atoms with Crippen LogP contribution in [0.15, 0.2) is 47.4 Å². The van der Waals surface area contributed by atoms with Crippen LogP contribution in [0.3, 0.4) is 0 Å². The summed E-state index contributed by atoms with van der Waals surface area (Å²) >= 11 is 0. The van der Waals surface area contributed by atoms with Crippen molar-refractivity contribution in [2.75, 3.05) is 18.0 Å². The maximum Gasteiger partial charge on any atom is 0.511 e. The topological polar surface area (TPSA) is 140 Å². The van der Waals surface area contributed by atoms with Crippen LogP contribution in [0.1, 0.15) is 36.9 Å². The number of carbonyl (C=O) groups excluding carboxylic acids is 1. The lowest BCUT2D eigenvalue weighted by molar-refractivity contribution is -0.123. The lowest BCUT2D eigenvalue weighted by atomic mass is 10.1. The highest BCUT2D eigenvalue weighted by molar-refractivity contribution is 5.83. The van der Waals surface area contributed by atoms with Crippen molar-refractivity contribution in [2.24, 2.45) is 5.73 Å². The Labute approximate surface area is 199 Å². The molecule has 1 aliphatic heterocycles. The molecule has 182 valence electrons. The highest BCUT2D eigenvalue weighted by Crippen LogP contribution is 2.38. The van der Waals surface area contributed by atoms with Gasteiger partial charge in [0.25, 0.3) is 0 Å². The highest BCUT2D eigenvalue weighted by atomic mass is 19.1. The zero-order chi connectivity index (χ0) is 24.7. The first-order valence-corrected chi connectivity index (χ1v) is 11.3. The lowest BCUT2D eigenvalue weighted by Crippen LogP contribution is -2.42. The molecule has 3 aromatic rings. The molecule has 2 aromatic heterocycles. The quantitative estimate of drug-likeness (QED) is 0.456. The van der Waals surface area contributed by atoms with E-state index in [4.69, 9.17) is 10.8 Å². The molecule has 0 spiro atoms. The molecule has 2 aliphatic rings. The third-order valence-corrected chi connectivity index (χ3v) is 6.32. The zero-order valence-corrected chi connectivity index (χ0v) is 18.7. The standard InChI is InChI=1S/C24H24FN5O5/c25-17-10-16-20(31)18(35-24(33)34)12-30(15-6-7-15)21(16)28-22(17)29-9-8-14(11-29)27-23(32)19(26)13-4-2-1-3-5-13/h1-5,10,12,14-15,19H,6-9,11,26H2,(H,27,32)(H,33,34). The molecule has 2 atom stereocenters. The number of pyridine rings is 2. The van der Waals surface area contributed by atoms with Gasteiger partial charge >= 0.3 is 6.16 Å². The first kappa shape index (κ1) is 22.8. The number of hydrogen-bond acceptors (Lipinski definition) is 7. The van der Waals surface area contributed by atoms with Crippen LogP contribution in [0.2, 0.25) is 0 Å². The number of halogens is 1. The fourth-order valence-corrected chi connectivity index (χ4v) is 4.41. The predicted octanol–water partition coefficient (Wildman–Crippen LogP) is 2.32. The molecule has 4 N–H and O–H groups in total. The van der Waals surface area contributed by atoms with Crippen molar-refractivity contribution in [3.8, 4) is 5.75 Å². The van der Waals surface area contributed by atoms with E-state index < -0.39 is 23.4 Å². The summed E-state index contributed by atoms with van der Waals surface area (Å²) in [4.78, 5) is 42.5. The van der Waals surface area contributed by atoms with E-state index in [2.05, 4.69) is 15.0 Å². The van der Waals surface area contributed by atoms with Gasteiger partial charge in [0, 0.05) is 25.2 Å². The number of carbonyl (C=O) groups is 2. The van der Waals surface area contributed by atoms with E-state index in [1.807, 2.05) is 18.2 Å². The smallest absolute Gasteiger partial charge is 0.449 e. The van der Waals surface area contributed by atoms with Gasteiger partial charge in [0.1, 0.15) is 11.7 Å². The number of ether oxygens (including phenoxy) is 1. The van der Waals surface area contributed by atoms with Crippen LogP contribution >= 0.6 is 0 Å². The minimum atomic E-state index is -1.62. The predicted molar refractivity (Wildman–Crippen MR) is 125 cm³/mol. The second-order valence-electron chi connectivity index (χ2n) is 8.82. The monoisotopic (exact) mass is 481 g/mol. The normalized spacial score (nSPS) is 18.5. The van der Waals surface area contributed by atoms with Crippen LogP contribution in [0.25, 0.3) is 11.0 Å².